The van der Waals surface area contributed by atoms with Crippen LogP contribution in [-0.4, -0.2) is 74.0 Å². The topological polar surface area (TPSA) is 123 Å². The zero-order valence-corrected chi connectivity index (χ0v) is 22.4. The van der Waals surface area contributed by atoms with Gasteiger partial charge < -0.3 is 15.4 Å². The van der Waals surface area contributed by atoms with Crippen LogP contribution < -0.4 is 16.2 Å². The van der Waals surface area contributed by atoms with Crippen molar-refractivity contribution in [1.29, 1.82) is 0 Å². The predicted octanol–water partition coefficient (Wildman–Crippen LogP) is 2.52. The number of nitrogens with one attached hydrogen (secondary N) is 2. The highest BCUT2D eigenvalue weighted by Gasteiger charge is 2.34. The van der Waals surface area contributed by atoms with Crippen LogP contribution in [0.15, 0.2) is 34.1 Å². The van der Waals surface area contributed by atoms with Crippen molar-refractivity contribution in [2.75, 3.05) is 45.2 Å². The average Bonchev–Trinajstić information content (AvgIpc) is 2.90. The van der Waals surface area contributed by atoms with E-state index < -0.39 is 21.3 Å². The summed E-state index contributed by atoms with van der Waals surface area (Å²) < 4.78 is 49.4. The molecule has 0 saturated carbocycles. The number of alkyl halides is 1. The van der Waals surface area contributed by atoms with E-state index in [0.717, 1.165) is 0 Å². The summed E-state index contributed by atoms with van der Waals surface area (Å²) >= 11 is 6.30. The van der Waals surface area contributed by atoms with Crippen LogP contribution in [0.1, 0.15) is 47.6 Å². The SMILES string of the molecule is CNC(=O)c1ccc(C)c(S(=O)(=O)N2CCC(n3ncc(NC[C@@]4(F)CCCOC4)c(Cl)c3=O)CC2)c1. The van der Waals surface area contributed by atoms with E-state index in [1.54, 1.807) is 19.1 Å². The smallest absolute Gasteiger partial charge is 0.287 e. The fraction of sp³-hybridized carbons (Fsp3) is 0.542. The number of aromatic nitrogens is 2. The van der Waals surface area contributed by atoms with Crippen LogP contribution in [0, 0.1) is 6.92 Å². The minimum absolute atomic E-state index is 0.0147. The van der Waals surface area contributed by atoms with E-state index in [1.807, 2.05) is 0 Å². The Morgan fingerprint density at radius 2 is 2.05 bits per heavy atom. The van der Waals surface area contributed by atoms with Crippen LogP contribution in [-0.2, 0) is 14.8 Å². The minimum Gasteiger partial charge on any atom is -0.379 e. The van der Waals surface area contributed by atoms with Gasteiger partial charge in [-0.25, -0.2) is 17.5 Å². The first-order valence-corrected chi connectivity index (χ1v) is 14.0. The third kappa shape index (κ3) is 5.82. The number of amides is 1. The first-order chi connectivity index (χ1) is 17.6. The normalized spacial score (nSPS) is 21.5. The van der Waals surface area contributed by atoms with Gasteiger partial charge in [-0.15, -0.1) is 0 Å². The van der Waals surface area contributed by atoms with Crippen molar-refractivity contribution in [1.82, 2.24) is 19.4 Å². The lowest BCUT2D eigenvalue weighted by Crippen LogP contribution is -2.42. The van der Waals surface area contributed by atoms with Crippen molar-refractivity contribution in [2.45, 2.75) is 49.2 Å². The van der Waals surface area contributed by atoms with Gasteiger partial charge in [0, 0.05) is 32.3 Å². The van der Waals surface area contributed by atoms with E-state index in [9.17, 15) is 22.4 Å². The number of hydrogen-bond acceptors (Lipinski definition) is 7. The van der Waals surface area contributed by atoms with Crippen molar-refractivity contribution >= 4 is 33.2 Å². The molecule has 13 heteroatoms. The van der Waals surface area contributed by atoms with Crippen LogP contribution in [0.25, 0.3) is 0 Å². The molecule has 2 aromatic rings. The number of rotatable bonds is 7. The quantitative estimate of drug-likeness (QED) is 0.538. The van der Waals surface area contributed by atoms with Gasteiger partial charge >= 0.3 is 0 Å². The molecule has 202 valence electrons. The maximum Gasteiger partial charge on any atom is 0.287 e. The molecule has 1 aromatic carbocycles. The van der Waals surface area contributed by atoms with Gasteiger partial charge in [-0.05, 0) is 50.3 Å². The van der Waals surface area contributed by atoms with Crippen LogP contribution in [0.4, 0.5) is 10.1 Å². The van der Waals surface area contributed by atoms with Crippen LogP contribution in [0.3, 0.4) is 0 Å². The zero-order valence-electron chi connectivity index (χ0n) is 20.8. The van der Waals surface area contributed by atoms with Crippen LogP contribution in [0.2, 0.25) is 5.02 Å². The second-order valence-electron chi connectivity index (χ2n) is 9.48. The number of sulfonamides is 1. The summed E-state index contributed by atoms with van der Waals surface area (Å²) in [4.78, 5) is 25.0. The lowest BCUT2D eigenvalue weighted by molar-refractivity contribution is -0.0234. The minimum atomic E-state index is -3.85. The largest absolute Gasteiger partial charge is 0.379 e. The van der Waals surface area contributed by atoms with Gasteiger partial charge in [-0.1, -0.05) is 17.7 Å². The maximum absolute atomic E-state index is 14.8. The van der Waals surface area contributed by atoms with Gasteiger partial charge in [0.05, 0.1) is 36.0 Å². The molecule has 2 N–H and O–H groups in total. The molecule has 10 nitrogen and oxygen atoms in total. The van der Waals surface area contributed by atoms with Gasteiger partial charge in [0.1, 0.15) is 5.02 Å². The van der Waals surface area contributed by atoms with Gasteiger partial charge in [-0.2, -0.15) is 9.40 Å². The van der Waals surface area contributed by atoms with Gasteiger partial charge in [0.15, 0.2) is 5.67 Å². The summed E-state index contributed by atoms with van der Waals surface area (Å²) in [7, 11) is -2.37. The van der Waals surface area contributed by atoms with E-state index in [0.29, 0.717) is 37.9 Å². The summed E-state index contributed by atoms with van der Waals surface area (Å²) in [5.41, 5.74) is -1.01. The van der Waals surface area contributed by atoms with E-state index in [2.05, 4.69) is 15.7 Å². The first kappa shape index (κ1) is 27.5. The highest BCUT2D eigenvalue weighted by molar-refractivity contribution is 7.89. The van der Waals surface area contributed by atoms with Crippen molar-refractivity contribution in [3.63, 3.8) is 0 Å². The van der Waals surface area contributed by atoms with Crippen LogP contribution >= 0.6 is 11.6 Å². The fourth-order valence-corrected chi connectivity index (χ4v) is 6.59. The van der Waals surface area contributed by atoms with E-state index in [4.69, 9.17) is 16.3 Å². The number of nitrogens with zero attached hydrogens (tertiary/aromatic N) is 3. The Hall–Kier alpha value is -2.54. The Morgan fingerprint density at radius 3 is 2.70 bits per heavy atom. The third-order valence-electron chi connectivity index (χ3n) is 6.88. The number of carbonyl (C=O) groups is 1. The predicted molar refractivity (Wildman–Crippen MR) is 137 cm³/mol. The molecular formula is C24H31ClFN5O5S. The highest BCUT2D eigenvalue weighted by Crippen LogP contribution is 2.29. The van der Waals surface area contributed by atoms with Gasteiger partial charge in [0.2, 0.25) is 10.0 Å². The molecule has 37 heavy (non-hydrogen) atoms. The number of benzene rings is 1. The monoisotopic (exact) mass is 555 g/mol. The lowest BCUT2D eigenvalue weighted by Gasteiger charge is -2.32. The number of hydrogen-bond donors (Lipinski definition) is 2. The second-order valence-corrected chi connectivity index (χ2v) is 11.8. The molecule has 1 amide bonds. The summed E-state index contributed by atoms with van der Waals surface area (Å²) in [6, 6.07) is 4.23. The average molecular weight is 556 g/mol. The molecule has 0 spiro atoms. The van der Waals surface area contributed by atoms with E-state index >= 15 is 0 Å². The molecule has 0 aliphatic carbocycles. The molecule has 2 aliphatic rings. The molecule has 4 rings (SSSR count). The van der Waals surface area contributed by atoms with Crippen molar-refractivity contribution in [2.24, 2.45) is 0 Å². The fourth-order valence-electron chi connectivity index (χ4n) is 4.67. The zero-order chi connectivity index (χ0) is 26.8. The molecule has 2 saturated heterocycles. The Bertz CT molecular complexity index is 1320. The molecule has 2 fully saturated rings. The number of aryl methyl sites for hydroxylation is 1. The summed E-state index contributed by atoms with van der Waals surface area (Å²) in [6.45, 7) is 2.50. The maximum atomic E-state index is 14.8. The molecule has 0 unspecified atom stereocenters. The number of halogens is 2. The van der Waals surface area contributed by atoms with Crippen LogP contribution in [0.5, 0.6) is 0 Å². The Kier molecular flexibility index (Phi) is 8.22. The summed E-state index contributed by atoms with van der Waals surface area (Å²) in [6.07, 6.45) is 3.09. The molecule has 1 aromatic heterocycles. The molecule has 0 radical (unpaired) electrons. The molecular weight excluding hydrogens is 525 g/mol. The van der Waals surface area contributed by atoms with Crippen molar-refractivity contribution in [3.8, 4) is 0 Å². The highest BCUT2D eigenvalue weighted by atomic mass is 35.5. The van der Waals surface area contributed by atoms with Gasteiger partial charge in [0.25, 0.3) is 11.5 Å². The molecule has 1 atom stereocenters. The molecule has 2 aliphatic heterocycles. The number of carbonyl (C=O) groups excluding carboxylic acids is 1. The summed E-state index contributed by atoms with van der Waals surface area (Å²) in [5, 5.41) is 9.53. The number of piperidine rings is 1. The third-order valence-corrected chi connectivity index (χ3v) is 9.28. The van der Waals surface area contributed by atoms with E-state index in [-0.39, 0.29) is 59.4 Å². The summed E-state index contributed by atoms with van der Waals surface area (Å²) in [5.74, 6) is -0.371. The molecule has 0 bridgehead atoms. The molecule has 3 heterocycles. The number of anilines is 1. The Morgan fingerprint density at radius 1 is 1.32 bits per heavy atom. The van der Waals surface area contributed by atoms with E-state index in [1.165, 1.54) is 28.3 Å². The number of ether oxygens (including phenoxy) is 1. The van der Waals surface area contributed by atoms with Crippen molar-refractivity contribution in [3.05, 3.63) is 50.9 Å². The second kappa shape index (κ2) is 11.1. The first-order valence-electron chi connectivity index (χ1n) is 12.2. The standard InChI is InChI=1S/C24H31ClFN5O5S/c1-16-4-5-17(22(32)27-2)12-20(16)37(34,35)30-9-6-18(7-10-30)31-23(33)21(25)19(13-29-31)28-14-24(26)8-3-11-36-15-24/h4-5,12-13,18,28H,3,6-11,14-15H2,1-2H3,(H,27,32)/t24-/m0/s1. The Labute approximate surface area is 220 Å². The lowest BCUT2D eigenvalue weighted by atomic mass is 9.99. The van der Waals surface area contributed by atoms with Gasteiger partial charge in [-0.3, -0.25) is 9.59 Å². The van der Waals surface area contributed by atoms with Crippen molar-refractivity contribution < 1.29 is 22.3 Å². The Balaban J connectivity index is 1.45.